The Morgan fingerprint density at radius 3 is 2.61 bits per heavy atom. The third-order valence-electron chi connectivity index (χ3n) is 4.57. The van der Waals surface area contributed by atoms with E-state index < -0.39 is 0 Å². The Balaban J connectivity index is 1.86. The summed E-state index contributed by atoms with van der Waals surface area (Å²) in [6, 6.07) is 0.191. The molecule has 0 aromatic heterocycles. The SMILES string of the molecule is CC1CC2(CCCCC2)C(=O)N1C1=CC(=O)OC1. The van der Waals surface area contributed by atoms with Crippen LogP contribution in [0.15, 0.2) is 11.8 Å². The molecular formula is C14H19NO3. The Labute approximate surface area is 107 Å². The van der Waals surface area contributed by atoms with Crippen molar-refractivity contribution in [1.82, 2.24) is 4.90 Å². The number of rotatable bonds is 1. The van der Waals surface area contributed by atoms with Crippen molar-refractivity contribution < 1.29 is 14.3 Å². The van der Waals surface area contributed by atoms with E-state index in [4.69, 9.17) is 4.74 Å². The van der Waals surface area contributed by atoms with E-state index in [9.17, 15) is 9.59 Å². The highest BCUT2D eigenvalue weighted by molar-refractivity contribution is 5.91. The number of esters is 1. The van der Waals surface area contributed by atoms with E-state index in [1.807, 2.05) is 4.90 Å². The van der Waals surface area contributed by atoms with Crippen LogP contribution in [0.25, 0.3) is 0 Å². The molecule has 1 spiro atoms. The number of cyclic esters (lactones) is 1. The lowest BCUT2D eigenvalue weighted by Crippen LogP contribution is -2.37. The van der Waals surface area contributed by atoms with Crippen molar-refractivity contribution in [2.45, 2.75) is 51.5 Å². The van der Waals surface area contributed by atoms with Gasteiger partial charge in [-0.05, 0) is 26.2 Å². The normalized spacial score (nSPS) is 30.8. The van der Waals surface area contributed by atoms with Crippen LogP contribution in [0.4, 0.5) is 0 Å². The highest BCUT2D eigenvalue weighted by Crippen LogP contribution is 2.48. The summed E-state index contributed by atoms with van der Waals surface area (Å²) in [7, 11) is 0. The number of likely N-dealkylation sites (tertiary alicyclic amines) is 1. The third-order valence-corrected chi connectivity index (χ3v) is 4.57. The number of carbonyl (C=O) groups is 2. The number of hydrogen-bond acceptors (Lipinski definition) is 3. The third kappa shape index (κ3) is 1.66. The number of ether oxygens (including phenoxy) is 1. The first-order valence-electron chi connectivity index (χ1n) is 6.83. The van der Waals surface area contributed by atoms with Crippen LogP contribution in [-0.4, -0.2) is 29.4 Å². The van der Waals surface area contributed by atoms with E-state index in [-0.39, 0.29) is 29.9 Å². The molecule has 0 radical (unpaired) electrons. The van der Waals surface area contributed by atoms with Crippen LogP contribution in [0.5, 0.6) is 0 Å². The lowest BCUT2D eigenvalue weighted by Gasteiger charge is -2.31. The van der Waals surface area contributed by atoms with Gasteiger partial charge in [-0.25, -0.2) is 4.79 Å². The summed E-state index contributed by atoms with van der Waals surface area (Å²) in [5, 5.41) is 0. The molecule has 2 aliphatic heterocycles. The maximum absolute atomic E-state index is 12.7. The van der Waals surface area contributed by atoms with E-state index in [2.05, 4.69) is 6.92 Å². The Kier molecular flexibility index (Phi) is 2.68. The quantitative estimate of drug-likeness (QED) is 0.668. The van der Waals surface area contributed by atoms with Gasteiger partial charge < -0.3 is 9.64 Å². The number of nitrogens with zero attached hydrogens (tertiary/aromatic N) is 1. The van der Waals surface area contributed by atoms with Gasteiger partial charge in [-0.3, -0.25) is 4.79 Å². The molecule has 0 aromatic carbocycles. The van der Waals surface area contributed by atoms with Gasteiger partial charge in [0.25, 0.3) is 0 Å². The average Bonchev–Trinajstić information content (AvgIpc) is 2.85. The van der Waals surface area contributed by atoms with Gasteiger partial charge in [0.15, 0.2) is 0 Å². The van der Waals surface area contributed by atoms with Crippen molar-refractivity contribution in [3.63, 3.8) is 0 Å². The standard InChI is InChI=1S/C14H19NO3/c1-10-8-14(5-3-2-4-6-14)13(17)15(10)11-7-12(16)18-9-11/h7,10H,2-6,8-9H2,1H3. The van der Waals surface area contributed by atoms with E-state index in [1.54, 1.807) is 0 Å². The second-order valence-corrected chi connectivity index (χ2v) is 5.81. The minimum absolute atomic E-state index is 0.149. The smallest absolute Gasteiger partial charge is 0.333 e. The molecule has 0 aromatic rings. The second kappa shape index (κ2) is 4.11. The van der Waals surface area contributed by atoms with Crippen LogP contribution in [0.1, 0.15) is 45.4 Å². The van der Waals surface area contributed by atoms with E-state index >= 15 is 0 Å². The van der Waals surface area contributed by atoms with Crippen molar-refractivity contribution in [3.8, 4) is 0 Å². The predicted molar refractivity (Wildman–Crippen MR) is 65.5 cm³/mol. The number of amides is 1. The van der Waals surface area contributed by atoms with Gasteiger partial charge in [-0.1, -0.05) is 19.3 Å². The molecule has 1 saturated heterocycles. The van der Waals surface area contributed by atoms with Gasteiger partial charge in [-0.2, -0.15) is 0 Å². The fraction of sp³-hybridized carbons (Fsp3) is 0.714. The highest BCUT2D eigenvalue weighted by atomic mass is 16.5. The molecule has 4 nitrogen and oxygen atoms in total. The fourth-order valence-corrected chi connectivity index (χ4v) is 3.76. The van der Waals surface area contributed by atoms with Crippen LogP contribution < -0.4 is 0 Å². The number of carbonyl (C=O) groups excluding carboxylic acids is 2. The molecule has 1 unspecified atom stereocenters. The molecule has 1 amide bonds. The van der Waals surface area contributed by atoms with E-state index in [0.29, 0.717) is 0 Å². The Morgan fingerprint density at radius 2 is 2.00 bits per heavy atom. The van der Waals surface area contributed by atoms with Gasteiger partial charge in [-0.15, -0.1) is 0 Å². The van der Waals surface area contributed by atoms with Gasteiger partial charge in [0, 0.05) is 12.1 Å². The average molecular weight is 249 g/mol. The molecule has 0 N–H and O–H groups in total. The van der Waals surface area contributed by atoms with Gasteiger partial charge in [0.05, 0.1) is 11.1 Å². The first-order valence-corrected chi connectivity index (χ1v) is 6.83. The van der Waals surface area contributed by atoms with Crippen molar-refractivity contribution >= 4 is 11.9 Å². The second-order valence-electron chi connectivity index (χ2n) is 5.81. The Morgan fingerprint density at radius 1 is 1.28 bits per heavy atom. The van der Waals surface area contributed by atoms with Crippen LogP contribution in [0, 0.1) is 5.41 Å². The molecule has 98 valence electrons. The molecule has 1 aliphatic carbocycles. The lowest BCUT2D eigenvalue weighted by atomic mass is 9.72. The zero-order valence-electron chi connectivity index (χ0n) is 10.8. The van der Waals surface area contributed by atoms with Gasteiger partial charge in [0.2, 0.25) is 5.91 Å². The maximum Gasteiger partial charge on any atom is 0.333 e. The maximum atomic E-state index is 12.7. The Bertz CT molecular complexity index is 421. The molecular weight excluding hydrogens is 230 g/mol. The summed E-state index contributed by atoms with van der Waals surface area (Å²) in [6.45, 7) is 2.33. The van der Waals surface area contributed by atoms with Gasteiger partial charge >= 0.3 is 5.97 Å². The summed E-state index contributed by atoms with van der Waals surface area (Å²) >= 11 is 0. The summed E-state index contributed by atoms with van der Waals surface area (Å²) in [6.07, 6.45) is 7.96. The highest BCUT2D eigenvalue weighted by Gasteiger charge is 2.51. The summed E-state index contributed by atoms with van der Waals surface area (Å²) < 4.78 is 4.92. The topological polar surface area (TPSA) is 46.6 Å². The van der Waals surface area contributed by atoms with Crippen molar-refractivity contribution in [2.75, 3.05) is 6.61 Å². The summed E-state index contributed by atoms with van der Waals surface area (Å²) in [4.78, 5) is 25.7. The van der Waals surface area contributed by atoms with Crippen LogP contribution in [0.2, 0.25) is 0 Å². The molecule has 3 aliphatic rings. The van der Waals surface area contributed by atoms with Crippen LogP contribution in [0.3, 0.4) is 0 Å². The van der Waals surface area contributed by atoms with Crippen LogP contribution >= 0.6 is 0 Å². The lowest BCUT2D eigenvalue weighted by molar-refractivity contribution is -0.138. The zero-order chi connectivity index (χ0) is 12.8. The molecule has 2 heterocycles. The minimum atomic E-state index is -0.324. The monoisotopic (exact) mass is 249 g/mol. The Hall–Kier alpha value is -1.32. The summed E-state index contributed by atoms with van der Waals surface area (Å²) in [5.41, 5.74) is 0.601. The van der Waals surface area contributed by atoms with Crippen molar-refractivity contribution in [1.29, 1.82) is 0 Å². The first kappa shape index (κ1) is 11.8. The minimum Gasteiger partial charge on any atom is -0.456 e. The van der Waals surface area contributed by atoms with Crippen molar-refractivity contribution in [3.05, 3.63) is 11.8 Å². The molecule has 1 saturated carbocycles. The fourth-order valence-electron chi connectivity index (χ4n) is 3.76. The van der Waals surface area contributed by atoms with E-state index in [1.165, 1.54) is 12.5 Å². The summed E-state index contributed by atoms with van der Waals surface area (Å²) in [5.74, 6) is -0.103. The molecule has 4 heteroatoms. The predicted octanol–water partition coefficient (Wildman–Crippen LogP) is 2.00. The van der Waals surface area contributed by atoms with E-state index in [0.717, 1.165) is 37.8 Å². The molecule has 18 heavy (non-hydrogen) atoms. The molecule has 3 rings (SSSR count). The largest absolute Gasteiger partial charge is 0.456 e. The molecule has 0 bridgehead atoms. The molecule has 2 fully saturated rings. The molecule has 1 atom stereocenters. The zero-order valence-corrected chi connectivity index (χ0v) is 10.8. The van der Waals surface area contributed by atoms with Crippen LogP contribution in [-0.2, 0) is 14.3 Å². The van der Waals surface area contributed by atoms with Crippen molar-refractivity contribution in [2.24, 2.45) is 5.41 Å². The van der Waals surface area contributed by atoms with Gasteiger partial charge in [0.1, 0.15) is 6.61 Å². The number of hydrogen-bond donors (Lipinski definition) is 0. The first-order chi connectivity index (χ1) is 8.62.